The number of pyridine rings is 1. The molecule has 1 saturated carbocycles. The summed E-state index contributed by atoms with van der Waals surface area (Å²) in [5.74, 6) is -0.0117. The van der Waals surface area contributed by atoms with Crippen LogP contribution < -0.4 is 15.8 Å². The van der Waals surface area contributed by atoms with Crippen LogP contribution in [0.5, 0.6) is 5.75 Å². The highest BCUT2D eigenvalue weighted by atomic mass is 32.2. The zero-order valence-corrected chi connectivity index (χ0v) is 17.4. The van der Waals surface area contributed by atoms with Gasteiger partial charge < -0.3 is 15.8 Å². The fourth-order valence-electron chi connectivity index (χ4n) is 3.91. The Morgan fingerprint density at radius 1 is 1.17 bits per heavy atom. The van der Waals surface area contributed by atoms with Crippen LogP contribution in [0.15, 0.2) is 53.6 Å². The van der Waals surface area contributed by atoms with Crippen molar-refractivity contribution in [3.05, 3.63) is 54.2 Å². The van der Waals surface area contributed by atoms with Crippen LogP contribution in [0.1, 0.15) is 36.0 Å². The molecule has 1 amide bonds. The smallest absolute Gasteiger partial charge is 0.252 e. The van der Waals surface area contributed by atoms with Crippen molar-refractivity contribution in [2.75, 3.05) is 12.4 Å². The van der Waals surface area contributed by atoms with Crippen LogP contribution in [0.2, 0.25) is 0 Å². The number of fused-ring (bicyclic) bond motifs is 1. The second-order valence-corrected chi connectivity index (χ2v) is 9.63. The van der Waals surface area contributed by atoms with E-state index in [9.17, 15) is 13.2 Å². The van der Waals surface area contributed by atoms with E-state index in [1.54, 1.807) is 37.4 Å². The molecule has 1 aromatic heterocycles. The molecular weight excluding hydrogens is 402 g/mol. The van der Waals surface area contributed by atoms with Gasteiger partial charge in [0.2, 0.25) is 0 Å². The minimum absolute atomic E-state index is 0.181. The molecule has 7 nitrogen and oxygen atoms in total. The molecule has 0 saturated heterocycles. The number of rotatable bonds is 6. The first-order chi connectivity index (χ1) is 14.4. The average molecular weight is 426 g/mol. The van der Waals surface area contributed by atoms with Gasteiger partial charge in [-0.2, -0.15) is 0 Å². The van der Waals surface area contributed by atoms with E-state index in [1.165, 1.54) is 6.20 Å². The summed E-state index contributed by atoms with van der Waals surface area (Å²) in [4.78, 5) is 16.6. The molecule has 4 rings (SSSR count). The van der Waals surface area contributed by atoms with Crippen LogP contribution in [-0.2, 0) is 9.84 Å². The summed E-state index contributed by atoms with van der Waals surface area (Å²) >= 11 is 0. The summed E-state index contributed by atoms with van der Waals surface area (Å²) in [5.41, 5.74) is 7.42. The Balaban J connectivity index is 1.87. The molecule has 1 aliphatic carbocycles. The fraction of sp³-hybridized carbons (Fsp3) is 0.273. The van der Waals surface area contributed by atoms with Gasteiger partial charge >= 0.3 is 0 Å². The first kappa shape index (κ1) is 20.2. The van der Waals surface area contributed by atoms with Crippen LogP contribution in [-0.4, -0.2) is 31.7 Å². The van der Waals surface area contributed by atoms with E-state index in [-0.39, 0.29) is 15.7 Å². The number of sulfone groups is 1. The predicted octanol–water partition coefficient (Wildman–Crippen LogP) is 3.80. The third-order valence-corrected chi connectivity index (χ3v) is 7.77. The number of nitrogens with one attached hydrogen (secondary N) is 1. The highest BCUT2D eigenvalue weighted by molar-refractivity contribution is 7.92. The number of nitrogens with zero attached hydrogens (tertiary/aromatic N) is 1. The third-order valence-electron chi connectivity index (χ3n) is 5.51. The molecule has 2 aromatic carbocycles. The van der Waals surface area contributed by atoms with Crippen LogP contribution in [0.25, 0.3) is 10.9 Å². The van der Waals surface area contributed by atoms with Gasteiger partial charge in [0.15, 0.2) is 9.84 Å². The van der Waals surface area contributed by atoms with Crippen LogP contribution >= 0.6 is 0 Å². The Morgan fingerprint density at radius 2 is 1.93 bits per heavy atom. The van der Waals surface area contributed by atoms with Gasteiger partial charge in [-0.25, -0.2) is 8.42 Å². The first-order valence-electron chi connectivity index (χ1n) is 9.77. The summed E-state index contributed by atoms with van der Waals surface area (Å²) in [6, 6.07) is 12.0. The van der Waals surface area contributed by atoms with Gasteiger partial charge in [0, 0.05) is 23.3 Å². The minimum Gasteiger partial charge on any atom is -0.497 e. The van der Waals surface area contributed by atoms with Gasteiger partial charge in [0.05, 0.1) is 34.0 Å². The first-order valence-corrected chi connectivity index (χ1v) is 11.3. The fourth-order valence-corrected chi connectivity index (χ4v) is 5.79. The SMILES string of the molecule is COc1cccc(Nc2c(C(N)=O)cnc3ccc(S(=O)(=O)C4CCCC4)cc23)c1. The molecule has 30 heavy (non-hydrogen) atoms. The average Bonchev–Trinajstić information content (AvgIpc) is 3.29. The van der Waals surface area contributed by atoms with E-state index in [0.29, 0.717) is 40.9 Å². The van der Waals surface area contributed by atoms with E-state index >= 15 is 0 Å². The van der Waals surface area contributed by atoms with Gasteiger partial charge in [0.25, 0.3) is 5.91 Å². The van der Waals surface area contributed by atoms with Crippen molar-refractivity contribution in [1.82, 2.24) is 4.98 Å². The zero-order valence-electron chi connectivity index (χ0n) is 16.6. The summed E-state index contributed by atoms with van der Waals surface area (Å²) in [6.45, 7) is 0. The number of hydrogen-bond donors (Lipinski definition) is 2. The van der Waals surface area contributed by atoms with Gasteiger partial charge in [-0.1, -0.05) is 18.9 Å². The molecular formula is C22H23N3O4S. The molecule has 0 atom stereocenters. The Bertz CT molecular complexity index is 1220. The Kier molecular flexibility index (Phi) is 5.34. The van der Waals surface area contributed by atoms with Crippen molar-refractivity contribution in [3.8, 4) is 5.75 Å². The van der Waals surface area contributed by atoms with Crippen molar-refractivity contribution < 1.29 is 17.9 Å². The molecule has 1 fully saturated rings. The van der Waals surface area contributed by atoms with E-state index in [0.717, 1.165) is 12.8 Å². The largest absolute Gasteiger partial charge is 0.497 e. The molecule has 3 N–H and O–H groups in total. The second kappa shape index (κ2) is 7.95. The number of ether oxygens (including phenoxy) is 1. The van der Waals surface area contributed by atoms with Gasteiger partial charge in [-0.3, -0.25) is 9.78 Å². The molecule has 0 radical (unpaired) electrons. The number of benzene rings is 2. The lowest BCUT2D eigenvalue weighted by atomic mass is 10.1. The molecule has 1 heterocycles. The summed E-state index contributed by atoms with van der Waals surface area (Å²) < 4.78 is 31.5. The number of nitrogens with two attached hydrogens (primary N) is 1. The normalized spacial score (nSPS) is 14.7. The number of carbonyl (C=O) groups is 1. The summed E-state index contributed by atoms with van der Waals surface area (Å²) in [5, 5.41) is 3.36. The Labute approximate surface area is 175 Å². The highest BCUT2D eigenvalue weighted by Gasteiger charge is 2.30. The number of hydrogen-bond acceptors (Lipinski definition) is 6. The molecule has 0 spiro atoms. The zero-order chi connectivity index (χ0) is 21.3. The van der Waals surface area contributed by atoms with Crippen LogP contribution in [0.4, 0.5) is 11.4 Å². The van der Waals surface area contributed by atoms with Crippen molar-refractivity contribution in [2.45, 2.75) is 35.8 Å². The summed E-state index contributed by atoms with van der Waals surface area (Å²) in [6.07, 6.45) is 4.60. The lowest BCUT2D eigenvalue weighted by Crippen LogP contribution is -2.18. The Morgan fingerprint density at radius 3 is 2.63 bits per heavy atom. The standard InChI is InChI=1S/C22H23N3O4S/c1-29-15-6-4-5-14(11-15)25-21-18-12-17(30(27,28)16-7-2-3-8-16)9-10-20(18)24-13-19(21)22(23)26/h4-6,9-13,16H,2-3,7-8H2,1H3,(H2,23,26)(H,24,25). The van der Waals surface area contributed by atoms with Crippen molar-refractivity contribution >= 4 is 38.0 Å². The molecule has 156 valence electrons. The van der Waals surface area contributed by atoms with E-state index in [1.807, 2.05) is 12.1 Å². The lowest BCUT2D eigenvalue weighted by molar-refractivity contribution is 0.100. The maximum Gasteiger partial charge on any atom is 0.252 e. The number of amides is 1. The lowest BCUT2D eigenvalue weighted by Gasteiger charge is -2.16. The van der Waals surface area contributed by atoms with Gasteiger partial charge in [-0.05, 0) is 43.2 Å². The molecule has 8 heteroatoms. The number of anilines is 2. The number of carbonyl (C=O) groups excluding carboxylic acids is 1. The highest BCUT2D eigenvalue weighted by Crippen LogP contribution is 2.34. The molecule has 0 aliphatic heterocycles. The third kappa shape index (κ3) is 3.70. The molecule has 1 aliphatic rings. The summed E-state index contributed by atoms with van der Waals surface area (Å²) in [7, 11) is -1.89. The minimum atomic E-state index is -3.46. The quantitative estimate of drug-likeness (QED) is 0.621. The molecule has 0 unspecified atom stereocenters. The number of methoxy groups -OCH3 is 1. The number of aromatic nitrogens is 1. The van der Waals surface area contributed by atoms with E-state index < -0.39 is 15.7 Å². The topological polar surface area (TPSA) is 111 Å². The van der Waals surface area contributed by atoms with E-state index in [4.69, 9.17) is 10.5 Å². The maximum atomic E-state index is 13.1. The monoisotopic (exact) mass is 425 g/mol. The maximum absolute atomic E-state index is 13.1. The van der Waals surface area contributed by atoms with Crippen LogP contribution in [0, 0.1) is 0 Å². The number of primary amides is 1. The molecule has 3 aromatic rings. The van der Waals surface area contributed by atoms with Crippen molar-refractivity contribution in [3.63, 3.8) is 0 Å². The van der Waals surface area contributed by atoms with Crippen molar-refractivity contribution in [1.29, 1.82) is 0 Å². The molecule has 0 bridgehead atoms. The van der Waals surface area contributed by atoms with Gasteiger partial charge in [0.1, 0.15) is 5.75 Å². The predicted molar refractivity (Wildman–Crippen MR) is 116 cm³/mol. The van der Waals surface area contributed by atoms with Gasteiger partial charge in [-0.15, -0.1) is 0 Å². The second-order valence-electron chi connectivity index (χ2n) is 7.40. The van der Waals surface area contributed by atoms with Crippen LogP contribution in [0.3, 0.4) is 0 Å². The van der Waals surface area contributed by atoms with Crippen molar-refractivity contribution in [2.24, 2.45) is 5.73 Å². The van der Waals surface area contributed by atoms with E-state index in [2.05, 4.69) is 10.3 Å². The Hall–Kier alpha value is -3.13.